The summed E-state index contributed by atoms with van der Waals surface area (Å²) < 4.78 is 11.1. The zero-order valence-electron chi connectivity index (χ0n) is 10.3. The van der Waals surface area contributed by atoms with Crippen LogP contribution in [0.2, 0.25) is 0 Å². The third-order valence-electron chi connectivity index (χ3n) is 2.51. The maximum Gasteiger partial charge on any atom is 0.244 e. The van der Waals surface area contributed by atoms with Crippen LogP contribution in [0.4, 0.5) is 0 Å². The molecule has 98 valence electrons. The van der Waals surface area contributed by atoms with E-state index >= 15 is 0 Å². The molecule has 19 heavy (non-hydrogen) atoms. The lowest BCUT2D eigenvalue weighted by atomic mass is 10.2. The van der Waals surface area contributed by atoms with Gasteiger partial charge in [0, 0.05) is 12.0 Å². The molecule has 0 radical (unpaired) electrons. The van der Waals surface area contributed by atoms with Gasteiger partial charge in [-0.15, -0.1) is 12.3 Å². The number of nitrogens with zero attached hydrogens (tertiary/aromatic N) is 2. The molecule has 0 aliphatic heterocycles. The van der Waals surface area contributed by atoms with E-state index in [1.54, 1.807) is 7.11 Å². The molecule has 2 rings (SSSR count). The molecule has 0 saturated carbocycles. The summed E-state index contributed by atoms with van der Waals surface area (Å²) in [4.78, 5) is 4.24. The smallest absolute Gasteiger partial charge is 0.244 e. The van der Waals surface area contributed by atoms with E-state index < -0.39 is 6.04 Å². The number of terminal acetylenes is 1. The highest BCUT2D eigenvalue weighted by Crippen LogP contribution is 2.29. The predicted molar refractivity (Wildman–Crippen MR) is 74.4 cm³/mol. The van der Waals surface area contributed by atoms with Gasteiger partial charge in [0.1, 0.15) is 5.75 Å². The summed E-state index contributed by atoms with van der Waals surface area (Å²) in [5, 5.41) is 3.89. The minimum Gasteiger partial charge on any atom is -0.496 e. The zero-order chi connectivity index (χ0) is 13.8. The maximum atomic E-state index is 5.80. The minimum atomic E-state index is -0.437. The van der Waals surface area contributed by atoms with Gasteiger partial charge in [0.2, 0.25) is 11.7 Å². The Morgan fingerprint density at radius 1 is 1.58 bits per heavy atom. The average Bonchev–Trinajstić information content (AvgIpc) is 2.88. The fraction of sp³-hybridized carbons (Fsp3) is 0.231. The lowest BCUT2D eigenvalue weighted by Crippen LogP contribution is -2.09. The Labute approximate surface area is 119 Å². The molecular weight excluding hydrogens is 310 g/mol. The van der Waals surface area contributed by atoms with Crippen LogP contribution < -0.4 is 10.5 Å². The quantitative estimate of drug-likeness (QED) is 0.876. The lowest BCUT2D eigenvalue weighted by molar-refractivity contribution is 0.357. The number of hydrogen-bond acceptors (Lipinski definition) is 5. The number of ether oxygens (including phenoxy) is 1. The Bertz CT molecular complexity index is 619. The van der Waals surface area contributed by atoms with E-state index in [4.69, 9.17) is 21.4 Å². The Morgan fingerprint density at radius 2 is 2.37 bits per heavy atom. The molecule has 1 aromatic carbocycles. The number of methoxy groups -OCH3 is 1. The topological polar surface area (TPSA) is 74.2 Å². The van der Waals surface area contributed by atoms with Crippen LogP contribution in [0.5, 0.6) is 5.75 Å². The molecule has 0 amide bonds. The van der Waals surface area contributed by atoms with E-state index in [0.717, 1.165) is 15.8 Å². The highest BCUT2D eigenvalue weighted by molar-refractivity contribution is 9.10. The Morgan fingerprint density at radius 3 is 3.00 bits per heavy atom. The molecule has 0 saturated heterocycles. The van der Waals surface area contributed by atoms with Gasteiger partial charge in [0.15, 0.2) is 0 Å². The monoisotopic (exact) mass is 321 g/mol. The van der Waals surface area contributed by atoms with Crippen LogP contribution in [0.25, 0.3) is 11.4 Å². The van der Waals surface area contributed by atoms with Crippen molar-refractivity contribution in [2.75, 3.05) is 7.11 Å². The van der Waals surface area contributed by atoms with Crippen molar-refractivity contribution in [2.24, 2.45) is 5.73 Å². The van der Waals surface area contributed by atoms with Gasteiger partial charge in [-0.1, -0.05) is 5.16 Å². The van der Waals surface area contributed by atoms with E-state index in [0.29, 0.717) is 18.1 Å². The van der Waals surface area contributed by atoms with Gasteiger partial charge in [-0.3, -0.25) is 0 Å². The largest absolute Gasteiger partial charge is 0.496 e. The molecule has 1 atom stereocenters. The molecule has 5 nitrogen and oxygen atoms in total. The van der Waals surface area contributed by atoms with Crippen LogP contribution in [0.3, 0.4) is 0 Å². The van der Waals surface area contributed by atoms with E-state index in [2.05, 4.69) is 32.0 Å². The standard InChI is InChI=1S/C13H12BrN3O2/c1-3-4-10(15)13-16-12(17-19-13)8-5-6-11(18-2)9(14)7-8/h1,5-7,10H,4,15H2,2H3. The average molecular weight is 322 g/mol. The minimum absolute atomic E-state index is 0.333. The first kappa shape index (κ1) is 13.6. The molecule has 0 fully saturated rings. The second kappa shape index (κ2) is 5.87. The molecule has 2 N–H and O–H groups in total. The third-order valence-corrected chi connectivity index (χ3v) is 3.13. The van der Waals surface area contributed by atoms with Crippen molar-refractivity contribution in [3.8, 4) is 29.5 Å². The van der Waals surface area contributed by atoms with Gasteiger partial charge >= 0.3 is 0 Å². The second-order valence-corrected chi connectivity index (χ2v) is 4.67. The molecule has 0 bridgehead atoms. The van der Waals surface area contributed by atoms with Crippen LogP contribution >= 0.6 is 15.9 Å². The third kappa shape index (κ3) is 2.95. The molecule has 1 aromatic heterocycles. The SMILES string of the molecule is C#CCC(N)c1nc(-c2ccc(OC)c(Br)c2)no1. The van der Waals surface area contributed by atoms with Crippen molar-refractivity contribution in [2.45, 2.75) is 12.5 Å². The van der Waals surface area contributed by atoms with Crippen molar-refractivity contribution in [3.63, 3.8) is 0 Å². The first-order chi connectivity index (χ1) is 9.15. The summed E-state index contributed by atoms with van der Waals surface area (Å²) in [5.74, 6) is 3.99. The van der Waals surface area contributed by atoms with Crippen molar-refractivity contribution in [1.82, 2.24) is 10.1 Å². The molecule has 0 aliphatic carbocycles. The molecular formula is C13H12BrN3O2. The number of nitrogens with two attached hydrogens (primary N) is 1. The van der Waals surface area contributed by atoms with E-state index in [1.807, 2.05) is 18.2 Å². The Kier molecular flexibility index (Phi) is 4.20. The molecule has 0 spiro atoms. The van der Waals surface area contributed by atoms with Gasteiger partial charge in [-0.25, -0.2) is 0 Å². The van der Waals surface area contributed by atoms with Crippen molar-refractivity contribution >= 4 is 15.9 Å². The Hall–Kier alpha value is -1.84. The fourth-order valence-electron chi connectivity index (χ4n) is 1.52. The van der Waals surface area contributed by atoms with Crippen molar-refractivity contribution in [1.29, 1.82) is 0 Å². The number of halogens is 1. The summed E-state index contributed by atoms with van der Waals surface area (Å²) >= 11 is 3.40. The number of aromatic nitrogens is 2. The van der Waals surface area contributed by atoms with E-state index in [-0.39, 0.29) is 0 Å². The van der Waals surface area contributed by atoms with Gasteiger partial charge in [0.25, 0.3) is 0 Å². The van der Waals surface area contributed by atoms with Crippen molar-refractivity contribution in [3.05, 3.63) is 28.6 Å². The molecule has 6 heteroatoms. The summed E-state index contributed by atoms with van der Waals surface area (Å²) in [6.07, 6.45) is 5.55. The highest BCUT2D eigenvalue weighted by Gasteiger charge is 2.15. The highest BCUT2D eigenvalue weighted by atomic mass is 79.9. The van der Waals surface area contributed by atoms with Gasteiger partial charge in [0.05, 0.1) is 17.6 Å². The first-order valence-corrected chi connectivity index (χ1v) is 6.31. The summed E-state index contributed by atoms with van der Waals surface area (Å²) in [6.45, 7) is 0. The number of rotatable bonds is 4. The van der Waals surface area contributed by atoms with Gasteiger partial charge < -0.3 is 15.0 Å². The predicted octanol–water partition coefficient (Wildman–Crippen LogP) is 2.53. The van der Waals surface area contributed by atoms with Crippen LogP contribution in [-0.2, 0) is 0 Å². The molecule has 1 heterocycles. The summed E-state index contributed by atoms with van der Waals surface area (Å²) in [5.41, 5.74) is 6.61. The van der Waals surface area contributed by atoms with Crippen LogP contribution in [0, 0.1) is 12.3 Å². The van der Waals surface area contributed by atoms with E-state index in [1.165, 1.54) is 0 Å². The van der Waals surface area contributed by atoms with Crippen molar-refractivity contribution < 1.29 is 9.26 Å². The molecule has 1 unspecified atom stereocenters. The molecule has 0 aliphatic rings. The Balaban J connectivity index is 2.28. The van der Waals surface area contributed by atoms with Crippen LogP contribution in [0.1, 0.15) is 18.4 Å². The van der Waals surface area contributed by atoms with Gasteiger partial charge in [-0.2, -0.15) is 4.98 Å². The van der Waals surface area contributed by atoms with Crippen LogP contribution in [-0.4, -0.2) is 17.3 Å². The fourth-order valence-corrected chi connectivity index (χ4v) is 2.06. The zero-order valence-corrected chi connectivity index (χ0v) is 11.8. The number of hydrogen-bond donors (Lipinski definition) is 1. The summed E-state index contributed by atoms with van der Waals surface area (Å²) in [7, 11) is 1.60. The first-order valence-electron chi connectivity index (χ1n) is 5.52. The van der Waals surface area contributed by atoms with E-state index in [9.17, 15) is 0 Å². The van der Waals surface area contributed by atoms with Gasteiger partial charge in [-0.05, 0) is 34.1 Å². The lowest BCUT2D eigenvalue weighted by Gasteiger charge is -2.03. The molecule has 2 aromatic rings. The van der Waals surface area contributed by atoms with Crippen LogP contribution in [0.15, 0.2) is 27.2 Å². The number of benzene rings is 1. The summed E-state index contributed by atoms with van der Waals surface area (Å²) in [6, 6.07) is 5.06. The normalized spacial score (nSPS) is 11.9. The maximum absolute atomic E-state index is 5.80. The second-order valence-electron chi connectivity index (χ2n) is 3.82.